The summed E-state index contributed by atoms with van der Waals surface area (Å²) in [5.74, 6) is -0.0355. The van der Waals surface area contributed by atoms with Gasteiger partial charge in [-0.05, 0) is 31.4 Å². The first-order chi connectivity index (χ1) is 9.63. The molecule has 2 rings (SSSR count). The van der Waals surface area contributed by atoms with E-state index in [0.29, 0.717) is 6.54 Å². The fraction of sp³-hybridized carbons (Fsp3) is 0.500. The van der Waals surface area contributed by atoms with Gasteiger partial charge >= 0.3 is 5.97 Å². The van der Waals surface area contributed by atoms with E-state index in [9.17, 15) is 9.59 Å². The minimum Gasteiger partial charge on any atom is -0.469 e. The number of esters is 1. The number of amides is 1. The number of carbonyl (C=O) groups excluding carboxylic acids is 2. The predicted octanol–water partition coefficient (Wildman–Crippen LogP) is 2.69. The number of anilines is 1. The maximum Gasteiger partial charge on any atom is 0.307 e. The van der Waals surface area contributed by atoms with E-state index in [1.165, 1.54) is 7.11 Å². The highest BCUT2D eigenvalue weighted by Gasteiger charge is 2.30. The van der Waals surface area contributed by atoms with Gasteiger partial charge in [0.2, 0.25) is 5.91 Å². The van der Waals surface area contributed by atoms with Crippen molar-refractivity contribution in [3.63, 3.8) is 0 Å². The van der Waals surface area contributed by atoms with E-state index in [4.69, 9.17) is 0 Å². The predicted molar refractivity (Wildman–Crippen MR) is 77.5 cm³/mol. The quantitative estimate of drug-likeness (QED) is 0.776. The molecule has 0 unspecified atom stereocenters. The third-order valence-corrected chi connectivity index (χ3v) is 3.89. The molecule has 1 aliphatic carbocycles. The number of benzene rings is 1. The fourth-order valence-corrected chi connectivity index (χ4v) is 2.40. The monoisotopic (exact) mass is 275 g/mol. The maximum atomic E-state index is 12.6. The summed E-state index contributed by atoms with van der Waals surface area (Å²) >= 11 is 0. The number of hydrogen-bond acceptors (Lipinski definition) is 3. The number of ether oxygens (including phenoxy) is 1. The summed E-state index contributed by atoms with van der Waals surface area (Å²) in [6, 6.07) is 7.78. The first kappa shape index (κ1) is 14.6. The smallest absolute Gasteiger partial charge is 0.307 e. The normalized spacial score (nSPS) is 14.5. The van der Waals surface area contributed by atoms with Crippen LogP contribution in [-0.2, 0) is 14.3 Å². The van der Waals surface area contributed by atoms with Crippen molar-refractivity contribution in [2.75, 3.05) is 18.6 Å². The molecule has 0 bridgehead atoms. The van der Waals surface area contributed by atoms with Crippen molar-refractivity contribution in [1.29, 1.82) is 0 Å². The van der Waals surface area contributed by atoms with E-state index in [-0.39, 0.29) is 24.2 Å². The second-order valence-electron chi connectivity index (χ2n) is 5.23. The zero-order chi connectivity index (χ0) is 14.5. The lowest BCUT2D eigenvalue weighted by Gasteiger charge is -2.32. The van der Waals surface area contributed by atoms with Crippen molar-refractivity contribution in [1.82, 2.24) is 0 Å². The van der Waals surface area contributed by atoms with Crippen molar-refractivity contribution in [3.05, 3.63) is 29.8 Å². The Bertz CT molecular complexity index is 494. The molecule has 1 amide bonds. The molecule has 20 heavy (non-hydrogen) atoms. The van der Waals surface area contributed by atoms with E-state index in [1.54, 1.807) is 4.90 Å². The molecule has 1 fully saturated rings. The number of hydrogen-bond donors (Lipinski definition) is 0. The Labute approximate surface area is 119 Å². The number of aryl methyl sites for hydroxylation is 1. The van der Waals surface area contributed by atoms with Crippen LogP contribution in [0.2, 0.25) is 0 Å². The fourth-order valence-electron chi connectivity index (χ4n) is 2.40. The van der Waals surface area contributed by atoms with Gasteiger partial charge in [0, 0.05) is 18.2 Å². The molecule has 0 aliphatic heterocycles. The molecule has 1 aromatic rings. The van der Waals surface area contributed by atoms with Crippen LogP contribution < -0.4 is 4.90 Å². The number of carbonyl (C=O) groups is 2. The molecule has 1 saturated carbocycles. The number of rotatable bonds is 5. The van der Waals surface area contributed by atoms with Crippen molar-refractivity contribution in [2.24, 2.45) is 5.92 Å². The summed E-state index contributed by atoms with van der Waals surface area (Å²) in [6.07, 6.45) is 3.26. The zero-order valence-corrected chi connectivity index (χ0v) is 12.1. The van der Waals surface area contributed by atoms with Crippen LogP contribution in [0.4, 0.5) is 5.69 Å². The summed E-state index contributed by atoms with van der Waals surface area (Å²) < 4.78 is 4.67. The second kappa shape index (κ2) is 6.55. The zero-order valence-electron chi connectivity index (χ0n) is 12.1. The van der Waals surface area contributed by atoms with Crippen LogP contribution >= 0.6 is 0 Å². The highest BCUT2D eigenvalue weighted by Crippen LogP contribution is 2.31. The van der Waals surface area contributed by atoms with Crippen molar-refractivity contribution in [3.8, 4) is 0 Å². The Morgan fingerprint density at radius 3 is 2.55 bits per heavy atom. The highest BCUT2D eigenvalue weighted by atomic mass is 16.5. The van der Waals surface area contributed by atoms with Crippen molar-refractivity contribution < 1.29 is 14.3 Å². The van der Waals surface area contributed by atoms with Gasteiger partial charge in [-0.3, -0.25) is 9.59 Å². The molecule has 108 valence electrons. The van der Waals surface area contributed by atoms with Gasteiger partial charge in [-0.1, -0.05) is 24.6 Å². The summed E-state index contributed by atoms with van der Waals surface area (Å²) in [5, 5.41) is 0. The summed E-state index contributed by atoms with van der Waals surface area (Å²) in [7, 11) is 1.37. The van der Waals surface area contributed by atoms with Gasteiger partial charge in [0.15, 0.2) is 0 Å². The van der Waals surface area contributed by atoms with Crippen molar-refractivity contribution in [2.45, 2.75) is 32.6 Å². The molecule has 0 heterocycles. The Morgan fingerprint density at radius 2 is 2.00 bits per heavy atom. The second-order valence-corrected chi connectivity index (χ2v) is 5.23. The topological polar surface area (TPSA) is 46.6 Å². The lowest BCUT2D eigenvalue weighted by molar-refractivity contribution is -0.140. The third kappa shape index (κ3) is 3.18. The van der Waals surface area contributed by atoms with Gasteiger partial charge in [0.25, 0.3) is 0 Å². The minimum absolute atomic E-state index is 0.118. The van der Waals surface area contributed by atoms with Gasteiger partial charge in [0.05, 0.1) is 13.5 Å². The lowest BCUT2D eigenvalue weighted by Crippen LogP contribution is -2.40. The Hall–Kier alpha value is -1.84. The van der Waals surface area contributed by atoms with Crippen LogP contribution in [-0.4, -0.2) is 25.5 Å². The molecule has 4 heteroatoms. The SMILES string of the molecule is COC(=O)CCN(C(=O)C1CCC1)c1ccccc1C. The third-order valence-electron chi connectivity index (χ3n) is 3.89. The number of para-hydroxylation sites is 1. The minimum atomic E-state index is -0.287. The van der Waals surface area contributed by atoms with Gasteiger partial charge in [-0.25, -0.2) is 0 Å². The van der Waals surface area contributed by atoms with Crippen LogP contribution in [0.25, 0.3) is 0 Å². The summed E-state index contributed by atoms with van der Waals surface area (Å²) in [6.45, 7) is 2.36. The van der Waals surface area contributed by atoms with E-state index < -0.39 is 0 Å². The molecular formula is C16H21NO3. The van der Waals surface area contributed by atoms with Crippen LogP contribution in [0.5, 0.6) is 0 Å². The number of methoxy groups -OCH3 is 1. The summed E-state index contributed by atoms with van der Waals surface area (Å²) in [4.78, 5) is 25.6. The van der Waals surface area contributed by atoms with E-state index >= 15 is 0 Å². The Balaban J connectivity index is 2.17. The molecule has 0 N–H and O–H groups in total. The van der Waals surface area contributed by atoms with E-state index in [0.717, 1.165) is 30.5 Å². The molecule has 0 atom stereocenters. The average molecular weight is 275 g/mol. The van der Waals surface area contributed by atoms with Crippen LogP contribution in [0.3, 0.4) is 0 Å². The Morgan fingerprint density at radius 1 is 1.30 bits per heavy atom. The average Bonchev–Trinajstić information content (AvgIpc) is 2.38. The van der Waals surface area contributed by atoms with Crippen LogP contribution in [0.1, 0.15) is 31.2 Å². The summed E-state index contributed by atoms with van der Waals surface area (Å²) in [5.41, 5.74) is 1.94. The van der Waals surface area contributed by atoms with Gasteiger partial charge < -0.3 is 9.64 Å². The number of nitrogens with zero attached hydrogens (tertiary/aromatic N) is 1. The molecule has 1 aromatic carbocycles. The highest BCUT2D eigenvalue weighted by molar-refractivity contribution is 5.96. The lowest BCUT2D eigenvalue weighted by atomic mass is 9.84. The van der Waals surface area contributed by atoms with Gasteiger partial charge in [-0.15, -0.1) is 0 Å². The molecule has 0 saturated heterocycles. The van der Waals surface area contributed by atoms with E-state index in [1.807, 2.05) is 31.2 Å². The first-order valence-electron chi connectivity index (χ1n) is 7.07. The largest absolute Gasteiger partial charge is 0.469 e. The van der Waals surface area contributed by atoms with Gasteiger partial charge in [0.1, 0.15) is 0 Å². The molecular weight excluding hydrogens is 254 g/mol. The van der Waals surface area contributed by atoms with Crippen LogP contribution in [0.15, 0.2) is 24.3 Å². The van der Waals surface area contributed by atoms with Crippen molar-refractivity contribution >= 4 is 17.6 Å². The van der Waals surface area contributed by atoms with Gasteiger partial charge in [-0.2, -0.15) is 0 Å². The first-order valence-corrected chi connectivity index (χ1v) is 7.07. The molecule has 4 nitrogen and oxygen atoms in total. The van der Waals surface area contributed by atoms with Crippen LogP contribution in [0, 0.1) is 12.8 Å². The Kier molecular flexibility index (Phi) is 4.77. The standard InChI is InChI=1S/C16H21NO3/c1-12-6-3-4-9-14(12)17(11-10-15(18)20-2)16(19)13-7-5-8-13/h3-4,6,9,13H,5,7-8,10-11H2,1-2H3. The molecule has 0 aromatic heterocycles. The molecule has 0 spiro atoms. The molecule has 0 radical (unpaired) electrons. The maximum absolute atomic E-state index is 12.6. The van der Waals surface area contributed by atoms with E-state index in [2.05, 4.69) is 4.74 Å². The molecule has 1 aliphatic rings.